The molecule has 1 aliphatic heterocycles. The number of hydrogen-bond acceptors (Lipinski definition) is 2. The standard InChI is InChI=1S/C17H10BrF2NO2/c18-10-1-2-15-9(5-10)6-16(23-15)17(22)21-4-3-12-13(20)7-11(19)8-14(12)21/h1-2,5-8H,3-4H2. The molecule has 0 saturated carbocycles. The van der Waals surface area contributed by atoms with Crippen LogP contribution >= 0.6 is 15.9 Å². The highest BCUT2D eigenvalue weighted by Gasteiger charge is 2.30. The first-order valence-electron chi connectivity index (χ1n) is 7.02. The number of nitrogens with zero attached hydrogens (tertiary/aromatic N) is 1. The van der Waals surface area contributed by atoms with Gasteiger partial charge in [-0.25, -0.2) is 8.78 Å². The van der Waals surface area contributed by atoms with Gasteiger partial charge in [0.25, 0.3) is 5.91 Å². The Morgan fingerprint density at radius 3 is 2.83 bits per heavy atom. The predicted octanol–water partition coefficient (Wildman–Crippen LogP) is 4.68. The molecule has 1 amide bonds. The third kappa shape index (κ3) is 2.34. The summed E-state index contributed by atoms with van der Waals surface area (Å²) < 4.78 is 33.7. The van der Waals surface area contributed by atoms with Crippen molar-refractivity contribution in [2.24, 2.45) is 0 Å². The van der Waals surface area contributed by atoms with E-state index in [0.29, 0.717) is 24.1 Å². The van der Waals surface area contributed by atoms with Crippen LogP contribution in [0.25, 0.3) is 11.0 Å². The number of halogens is 3. The minimum Gasteiger partial charge on any atom is -0.451 e. The molecule has 3 nitrogen and oxygen atoms in total. The minimum absolute atomic E-state index is 0.149. The highest BCUT2D eigenvalue weighted by atomic mass is 79.9. The molecule has 1 aliphatic rings. The Balaban J connectivity index is 1.76. The van der Waals surface area contributed by atoms with Gasteiger partial charge in [0.15, 0.2) is 5.76 Å². The zero-order chi connectivity index (χ0) is 16.1. The predicted molar refractivity (Wildman–Crippen MR) is 85.7 cm³/mol. The molecule has 0 spiro atoms. The second-order valence-electron chi connectivity index (χ2n) is 5.38. The lowest BCUT2D eigenvalue weighted by Gasteiger charge is -2.15. The molecular weight excluding hydrogens is 368 g/mol. The van der Waals surface area contributed by atoms with Gasteiger partial charge in [0.1, 0.15) is 17.2 Å². The zero-order valence-corrected chi connectivity index (χ0v) is 13.4. The first-order chi connectivity index (χ1) is 11.0. The quantitative estimate of drug-likeness (QED) is 0.616. The van der Waals surface area contributed by atoms with Crippen LogP contribution in [-0.4, -0.2) is 12.5 Å². The molecular formula is C17H10BrF2NO2. The summed E-state index contributed by atoms with van der Waals surface area (Å²) in [7, 11) is 0. The van der Waals surface area contributed by atoms with Crippen LogP contribution in [0.1, 0.15) is 16.1 Å². The first kappa shape index (κ1) is 14.4. The summed E-state index contributed by atoms with van der Waals surface area (Å²) in [5, 5.41) is 0.785. The lowest BCUT2D eigenvalue weighted by Crippen LogP contribution is -2.28. The molecule has 23 heavy (non-hydrogen) atoms. The summed E-state index contributed by atoms with van der Waals surface area (Å²) in [4.78, 5) is 14.0. The Hall–Kier alpha value is -2.21. The Kier molecular flexibility index (Phi) is 3.23. The van der Waals surface area contributed by atoms with E-state index in [0.717, 1.165) is 15.9 Å². The molecule has 0 bridgehead atoms. The van der Waals surface area contributed by atoms with E-state index in [1.54, 1.807) is 12.1 Å². The van der Waals surface area contributed by atoms with Gasteiger partial charge in [-0.2, -0.15) is 0 Å². The van der Waals surface area contributed by atoms with Crippen LogP contribution in [0.5, 0.6) is 0 Å². The molecule has 0 unspecified atom stereocenters. The number of amides is 1. The maximum atomic E-state index is 13.8. The van der Waals surface area contributed by atoms with Gasteiger partial charge in [0.05, 0.1) is 5.69 Å². The van der Waals surface area contributed by atoms with E-state index in [-0.39, 0.29) is 11.4 Å². The smallest absolute Gasteiger partial charge is 0.294 e. The fourth-order valence-electron chi connectivity index (χ4n) is 2.89. The lowest BCUT2D eigenvalue weighted by atomic mass is 10.1. The van der Waals surface area contributed by atoms with Crippen molar-refractivity contribution in [1.82, 2.24) is 0 Å². The van der Waals surface area contributed by atoms with Gasteiger partial charge < -0.3 is 9.32 Å². The fourth-order valence-corrected chi connectivity index (χ4v) is 3.26. The SMILES string of the molecule is O=C(c1cc2cc(Br)ccc2o1)N1CCc2c(F)cc(F)cc21. The van der Waals surface area contributed by atoms with Gasteiger partial charge in [-0.15, -0.1) is 0 Å². The zero-order valence-electron chi connectivity index (χ0n) is 11.8. The van der Waals surface area contributed by atoms with E-state index < -0.39 is 17.5 Å². The molecule has 1 aromatic heterocycles. The molecule has 116 valence electrons. The second kappa shape index (κ2) is 5.16. The number of carbonyl (C=O) groups is 1. The molecule has 3 aromatic rings. The Morgan fingerprint density at radius 1 is 1.17 bits per heavy atom. The van der Waals surface area contributed by atoms with Crippen molar-refractivity contribution in [2.75, 3.05) is 11.4 Å². The number of fused-ring (bicyclic) bond motifs is 2. The summed E-state index contributed by atoms with van der Waals surface area (Å²) in [6.45, 7) is 0.301. The summed E-state index contributed by atoms with van der Waals surface area (Å²) in [5.41, 5.74) is 1.22. The molecule has 0 saturated heterocycles. The summed E-state index contributed by atoms with van der Waals surface area (Å²) in [5.74, 6) is -1.57. The van der Waals surface area contributed by atoms with E-state index in [2.05, 4.69) is 15.9 Å². The molecule has 0 fully saturated rings. The topological polar surface area (TPSA) is 33.5 Å². The van der Waals surface area contributed by atoms with Gasteiger partial charge in [0.2, 0.25) is 0 Å². The monoisotopic (exact) mass is 377 g/mol. The Labute approximate surface area is 138 Å². The van der Waals surface area contributed by atoms with Crippen molar-refractivity contribution in [3.8, 4) is 0 Å². The van der Waals surface area contributed by atoms with E-state index in [4.69, 9.17) is 4.42 Å². The number of hydrogen-bond donors (Lipinski definition) is 0. The number of carbonyl (C=O) groups excluding carboxylic acids is 1. The molecule has 4 rings (SSSR count). The number of furan rings is 1. The van der Waals surface area contributed by atoms with Crippen LogP contribution in [0.3, 0.4) is 0 Å². The van der Waals surface area contributed by atoms with E-state index in [9.17, 15) is 13.6 Å². The maximum Gasteiger partial charge on any atom is 0.294 e. The molecule has 0 atom stereocenters. The van der Waals surface area contributed by atoms with Gasteiger partial charge in [-0.05, 0) is 36.8 Å². The molecule has 2 aromatic carbocycles. The maximum absolute atomic E-state index is 13.8. The van der Waals surface area contributed by atoms with E-state index in [1.807, 2.05) is 12.1 Å². The number of benzene rings is 2. The van der Waals surface area contributed by atoms with Crippen LogP contribution in [0, 0.1) is 11.6 Å². The van der Waals surface area contributed by atoms with Crippen LogP contribution in [0.2, 0.25) is 0 Å². The van der Waals surface area contributed by atoms with Crippen LogP contribution in [0.4, 0.5) is 14.5 Å². The van der Waals surface area contributed by atoms with Crippen molar-refractivity contribution in [2.45, 2.75) is 6.42 Å². The van der Waals surface area contributed by atoms with Gasteiger partial charge >= 0.3 is 0 Å². The second-order valence-corrected chi connectivity index (χ2v) is 6.30. The first-order valence-corrected chi connectivity index (χ1v) is 7.81. The average molecular weight is 378 g/mol. The van der Waals surface area contributed by atoms with Crippen molar-refractivity contribution in [1.29, 1.82) is 0 Å². The van der Waals surface area contributed by atoms with Crippen LogP contribution < -0.4 is 4.90 Å². The Morgan fingerprint density at radius 2 is 2.00 bits per heavy atom. The van der Waals surface area contributed by atoms with Gasteiger partial charge in [0, 0.05) is 28.0 Å². The Bertz CT molecular complexity index is 951. The average Bonchev–Trinajstić information content (AvgIpc) is 3.09. The number of rotatable bonds is 1. The molecule has 2 heterocycles. The summed E-state index contributed by atoms with van der Waals surface area (Å²) in [6.07, 6.45) is 0.360. The van der Waals surface area contributed by atoms with Crippen molar-refractivity contribution >= 4 is 38.5 Å². The summed E-state index contributed by atoms with van der Waals surface area (Å²) in [6, 6.07) is 9.07. The van der Waals surface area contributed by atoms with Crippen molar-refractivity contribution < 1.29 is 18.0 Å². The highest BCUT2D eigenvalue weighted by molar-refractivity contribution is 9.10. The number of anilines is 1. The van der Waals surface area contributed by atoms with E-state index in [1.165, 1.54) is 11.0 Å². The normalized spacial score (nSPS) is 13.6. The van der Waals surface area contributed by atoms with Crippen molar-refractivity contribution in [3.05, 3.63) is 63.8 Å². The van der Waals surface area contributed by atoms with Crippen molar-refractivity contribution in [3.63, 3.8) is 0 Å². The fraction of sp³-hybridized carbons (Fsp3) is 0.118. The third-order valence-corrected chi connectivity index (χ3v) is 4.44. The molecule has 0 N–H and O–H groups in total. The summed E-state index contributed by atoms with van der Waals surface area (Å²) >= 11 is 3.36. The minimum atomic E-state index is -0.700. The molecule has 0 radical (unpaired) electrons. The van der Waals surface area contributed by atoms with Crippen LogP contribution in [0.15, 0.2) is 45.3 Å². The van der Waals surface area contributed by atoms with Crippen LogP contribution in [-0.2, 0) is 6.42 Å². The van der Waals surface area contributed by atoms with E-state index >= 15 is 0 Å². The highest BCUT2D eigenvalue weighted by Crippen LogP contribution is 2.33. The van der Waals surface area contributed by atoms with Gasteiger partial charge in [-0.1, -0.05) is 15.9 Å². The third-order valence-electron chi connectivity index (χ3n) is 3.95. The molecule has 0 aliphatic carbocycles. The largest absolute Gasteiger partial charge is 0.451 e. The lowest BCUT2D eigenvalue weighted by molar-refractivity contribution is 0.0965. The molecule has 6 heteroatoms. The van der Waals surface area contributed by atoms with Gasteiger partial charge in [-0.3, -0.25) is 4.79 Å².